The van der Waals surface area contributed by atoms with E-state index in [0.29, 0.717) is 12.1 Å². The van der Waals surface area contributed by atoms with E-state index in [1.165, 1.54) is 0 Å². The number of benzene rings is 2. The fraction of sp³-hybridized carbons (Fsp3) is 0.0455. The van der Waals surface area contributed by atoms with Gasteiger partial charge in [0.25, 0.3) is 5.91 Å². The third-order valence-corrected chi connectivity index (χ3v) is 4.83. The normalized spacial score (nSPS) is 10.7. The topological polar surface area (TPSA) is 54.9 Å². The van der Waals surface area contributed by atoms with Crippen molar-refractivity contribution in [2.45, 2.75) is 6.54 Å². The van der Waals surface area contributed by atoms with E-state index in [1.54, 1.807) is 12.4 Å². The van der Waals surface area contributed by atoms with Crippen molar-refractivity contribution in [3.8, 4) is 11.3 Å². The second-order valence-corrected chi connectivity index (χ2v) is 7.03. The summed E-state index contributed by atoms with van der Waals surface area (Å²) in [6, 6.07) is 21.2. The van der Waals surface area contributed by atoms with Crippen LogP contribution in [-0.4, -0.2) is 15.9 Å². The molecule has 5 heteroatoms. The van der Waals surface area contributed by atoms with Crippen molar-refractivity contribution in [3.05, 3.63) is 94.7 Å². The SMILES string of the molecule is O=C(NCc1ccncc1)c1cc(-c2ccc(Br)cc2)nc2ccccc12. The van der Waals surface area contributed by atoms with Gasteiger partial charge < -0.3 is 5.32 Å². The van der Waals surface area contributed by atoms with Crippen LogP contribution in [0.1, 0.15) is 15.9 Å². The van der Waals surface area contributed by atoms with Crippen molar-refractivity contribution >= 4 is 32.7 Å². The van der Waals surface area contributed by atoms with E-state index in [4.69, 9.17) is 4.98 Å². The first-order valence-electron chi connectivity index (χ1n) is 8.53. The Kier molecular flexibility index (Phi) is 4.94. The van der Waals surface area contributed by atoms with Crippen molar-refractivity contribution in [1.29, 1.82) is 0 Å². The number of fused-ring (bicyclic) bond motifs is 1. The second kappa shape index (κ2) is 7.68. The summed E-state index contributed by atoms with van der Waals surface area (Å²) in [5.41, 5.74) is 4.16. The monoisotopic (exact) mass is 417 g/mol. The van der Waals surface area contributed by atoms with Crippen molar-refractivity contribution < 1.29 is 4.79 Å². The summed E-state index contributed by atoms with van der Waals surface area (Å²) in [7, 11) is 0. The van der Waals surface area contributed by atoms with Crippen LogP contribution in [0.25, 0.3) is 22.2 Å². The standard InChI is InChI=1S/C22H16BrN3O/c23-17-7-5-16(6-8-17)21-13-19(18-3-1-2-4-20(18)26-21)22(27)25-14-15-9-11-24-12-10-15/h1-13H,14H2,(H,25,27). The molecule has 0 aliphatic carbocycles. The lowest BCUT2D eigenvalue weighted by molar-refractivity contribution is 0.0952. The number of hydrogen-bond acceptors (Lipinski definition) is 3. The van der Waals surface area contributed by atoms with E-state index in [-0.39, 0.29) is 5.91 Å². The Labute approximate surface area is 165 Å². The molecule has 4 nitrogen and oxygen atoms in total. The fourth-order valence-electron chi connectivity index (χ4n) is 2.91. The van der Waals surface area contributed by atoms with Gasteiger partial charge in [0.2, 0.25) is 0 Å². The molecule has 0 atom stereocenters. The largest absolute Gasteiger partial charge is 0.348 e. The second-order valence-electron chi connectivity index (χ2n) is 6.12. The Hall–Kier alpha value is -3.05. The van der Waals surface area contributed by atoms with Crippen LogP contribution in [-0.2, 0) is 6.54 Å². The molecule has 0 aliphatic rings. The molecule has 2 aromatic heterocycles. The average Bonchev–Trinajstić information content (AvgIpc) is 2.72. The number of halogens is 1. The number of pyridine rings is 2. The Balaban J connectivity index is 1.72. The summed E-state index contributed by atoms with van der Waals surface area (Å²) in [5, 5.41) is 3.83. The van der Waals surface area contributed by atoms with E-state index in [2.05, 4.69) is 26.2 Å². The van der Waals surface area contributed by atoms with E-state index in [1.807, 2.05) is 66.7 Å². The molecular formula is C22H16BrN3O. The average molecular weight is 418 g/mol. The molecule has 0 saturated carbocycles. The third-order valence-electron chi connectivity index (χ3n) is 4.30. The number of nitrogens with one attached hydrogen (secondary N) is 1. The highest BCUT2D eigenvalue weighted by molar-refractivity contribution is 9.10. The fourth-order valence-corrected chi connectivity index (χ4v) is 3.17. The van der Waals surface area contributed by atoms with Crippen LogP contribution in [0.3, 0.4) is 0 Å². The zero-order valence-electron chi connectivity index (χ0n) is 14.4. The number of para-hydroxylation sites is 1. The lowest BCUT2D eigenvalue weighted by Gasteiger charge is -2.11. The number of amides is 1. The van der Waals surface area contributed by atoms with Crippen LogP contribution in [0.15, 0.2) is 83.6 Å². The number of hydrogen-bond donors (Lipinski definition) is 1. The zero-order valence-corrected chi connectivity index (χ0v) is 16.0. The predicted molar refractivity (Wildman–Crippen MR) is 110 cm³/mol. The van der Waals surface area contributed by atoms with Crippen molar-refractivity contribution in [3.63, 3.8) is 0 Å². The molecule has 4 aromatic rings. The minimum Gasteiger partial charge on any atom is -0.348 e. The Morgan fingerprint density at radius 1 is 0.963 bits per heavy atom. The molecule has 0 bridgehead atoms. The first-order chi connectivity index (χ1) is 13.2. The van der Waals surface area contributed by atoms with Crippen LogP contribution >= 0.6 is 15.9 Å². The minimum absolute atomic E-state index is 0.122. The van der Waals surface area contributed by atoms with Crippen molar-refractivity contribution in [1.82, 2.24) is 15.3 Å². The summed E-state index contributed by atoms with van der Waals surface area (Å²) in [6.45, 7) is 0.450. The Morgan fingerprint density at radius 2 is 1.70 bits per heavy atom. The highest BCUT2D eigenvalue weighted by atomic mass is 79.9. The van der Waals surface area contributed by atoms with Crippen molar-refractivity contribution in [2.24, 2.45) is 0 Å². The van der Waals surface area contributed by atoms with Crippen molar-refractivity contribution in [2.75, 3.05) is 0 Å². The van der Waals surface area contributed by atoms with E-state index in [9.17, 15) is 4.79 Å². The molecule has 132 valence electrons. The maximum Gasteiger partial charge on any atom is 0.252 e. The van der Waals surface area contributed by atoms with Gasteiger partial charge in [0.1, 0.15) is 0 Å². The van der Waals surface area contributed by atoms with Gasteiger partial charge in [-0.2, -0.15) is 0 Å². The van der Waals surface area contributed by atoms with E-state index < -0.39 is 0 Å². The lowest BCUT2D eigenvalue weighted by atomic mass is 10.0. The Bertz CT molecular complexity index is 1100. The summed E-state index contributed by atoms with van der Waals surface area (Å²) in [4.78, 5) is 21.6. The highest BCUT2D eigenvalue weighted by Crippen LogP contribution is 2.26. The number of aromatic nitrogens is 2. The minimum atomic E-state index is -0.122. The predicted octanol–water partition coefficient (Wildman–Crippen LogP) is 4.99. The number of nitrogens with zero attached hydrogens (tertiary/aromatic N) is 2. The molecule has 0 spiro atoms. The third kappa shape index (κ3) is 3.88. The van der Waals surface area contributed by atoms with Gasteiger partial charge in [0, 0.05) is 34.4 Å². The van der Waals surface area contributed by atoms with Gasteiger partial charge in [-0.25, -0.2) is 4.98 Å². The molecule has 0 saturated heterocycles. The molecule has 0 unspecified atom stereocenters. The zero-order chi connectivity index (χ0) is 18.6. The number of carbonyl (C=O) groups excluding carboxylic acids is 1. The van der Waals surface area contributed by atoms with Gasteiger partial charge in [-0.15, -0.1) is 0 Å². The van der Waals surface area contributed by atoms with Crippen LogP contribution in [0, 0.1) is 0 Å². The maximum atomic E-state index is 12.9. The van der Waals surface area contributed by atoms with Gasteiger partial charge in [0.05, 0.1) is 16.8 Å². The highest BCUT2D eigenvalue weighted by Gasteiger charge is 2.13. The first kappa shape index (κ1) is 17.4. The molecule has 2 aromatic carbocycles. The summed E-state index contributed by atoms with van der Waals surface area (Å²) < 4.78 is 1.00. The molecule has 0 aliphatic heterocycles. The van der Waals surface area contributed by atoms with Crippen LogP contribution < -0.4 is 5.32 Å². The molecule has 4 rings (SSSR count). The van der Waals surface area contributed by atoms with Crippen LogP contribution in [0.5, 0.6) is 0 Å². The van der Waals surface area contributed by atoms with Gasteiger partial charge in [0.15, 0.2) is 0 Å². The molecule has 0 radical (unpaired) electrons. The molecule has 2 heterocycles. The lowest BCUT2D eigenvalue weighted by Crippen LogP contribution is -2.23. The number of carbonyl (C=O) groups is 1. The van der Waals surface area contributed by atoms with Gasteiger partial charge in [-0.05, 0) is 42.0 Å². The molecule has 1 N–H and O–H groups in total. The molecule has 1 amide bonds. The molecular weight excluding hydrogens is 402 g/mol. The first-order valence-corrected chi connectivity index (χ1v) is 9.33. The van der Waals surface area contributed by atoms with E-state index in [0.717, 1.165) is 32.2 Å². The summed E-state index contributed by atoms with van der Waals surface area (Å²) >= 11 is 3.45. The van der Waals surface area contributed by atoms with Gasteiger partial charge in [-0.1, -0.05) is 46.3 Å². The van der Waals surface area contributed by atoms with Gasteiger partial charge >= 0.3 is 0 Å². The summed E-state index contributed by atoms with van der Waals surface area (Å²) in [6.07, 6.45) is 3.43. The quantitative estimate of drug-likeness (QED) is 0.508. The smallest absolute Gasteiger partial charge is 0.252 e. The number of rotatable bonds is 4. The molecule has 0 fully saturated rings. The van der Waals surface area contributed by atoms with Gasteiger partial charge in [-0.3, -0.25) is 9.78 Å². The Morgan fingerprint density at radius 3 is 2.48 bits per heavy atom. The maximum absolute atomic E-state index is 12.9. The van der Waals surface area contributed by atoms with Crippen LogP contribution in [0.2, 0.25) is 0 Å². The summed E-state index contributed by atoms with van der Waals surface area (Å²) in [5.74, 6) is -0.122. The van der Waals surface area contributed by atoms with E-state index >= 15 is 0 Å². The van der Waals surface area contributed by atoms with Crippen LogP contribution in [0.4, 0.5) is 0 Å². The molecule has 27 heavy (non-hydrogen) atoms.